The zero-order valence-electron chi connectivity index (χ0n) is 64.4. The lowest BCUT2D eigenvalue weighted by molar-refractivity contribution is -0.665. The van der Waals surface area contributed by atoms with Crippen molar-refractivity contribution in [1.82, 2.24) is 0 Å². The maximum absolute atomic E-state index is 8.66. The molecule has 0 amide bonds. The number of aryl methyl sites for hydroxylation is 4. The second kappa shape index (κ2) is 26.9. The highest BCUT2D eigenvalue weighted by Gasteiger charge is 2.37. The summed E-state index contributed by atoms with van der Waals surface area (Å²) in [5.74, 6) is 0. The molecule has 498 valence electrons. The lowest BCUT2D eigenvalue weighted by Crippen LogP contribution is -2.35. The molecule has 0 saturated heterocycles. The highest BCUT2D eigenvalue weighted by atomic mass is 32.1. The Morgan fingerprint density at radius 1 is 0.350 bits per heavy atom. The average Bonchev–Trinajstić information content (AvgIpc) is 1.63. The highest BCUT2D eigenvalue weighted by Crippen LogP contribution is 2.51. The van der Waals surface area contributed by atoms with Gasteiger partial charge in [-0.1, -0.05) is 123 Å². The summed E-state index contributed by atoms with van der Waals surface area (Å²) in [6.07, 6.45) is 1.70. The zero-order chi connectivity index (χ0) is 75.9. The molecule has 10 aromatic carbocycles. The van der Waals surface area contributed by atoms with E-state index in [0.717, 1.165) is 116 Å². The van der Waals surface area contributed by atoms with Crippen molar-refractivity contribution in [3.63, 3.8) is 0 Å². The van der Waals surface area contributed by atoms with Gasteiger partial charge in [-0.05, 0) is 188 Å². The SMILES string of the molecule is [2H]c1c(C)[n+](C)c(-c2cc3c(cc2C)-c2ccccc2C3(C)C)c2ccc([N+]#[C-])cc12.[2H]c1c(C)[n+](C)c(-c2cc3ccccc3cc2C)c2ccc([N+]#[C-])cc12.[2H]c1c(C)[n+](C)c(-c2cc3occc3cc2C)c2ccc([N+]#[C-])cc12.[2H]c1c(C)[n+](C)c(-c2cc3sccc3cc2C)c2ccc([N+]#[C-])cc12. The van der Waals surface area contributed by atoms with Gasteiger partial charge in [0.1, 0.15) is 33.8 Å². The first-order valence-electron chi connectivity index (χ1n) is 36.2. The van der Waals surface area contributed by atoms with Crippen molar-refractivity contribution in [2.45, 2.75) is 74.7 Å². The Morgan fingerprint density at radius 3 is 1.18 bits per heavy atom. The third kappa shape index (κ3) is 12.2. The number of thiophene rings is 1. The Balaban J connectivity index is 0.000000120. The van der Waals surface area contributed by atoms with Crippen LogP contribution in [0.15, 0.2) is 222 Å². The number of hydrogen-bond acceptors (Lipinski definition) is 2. The summed E-state index contributed by atoms with van der Waals surface area (Å²) in [5, 5.41) is 14.2. The van der Waals surface area contributed by atoms with Crippen LogP contribution >= 0.6 is 11.3 Å². The maximum Gasteiger partial charge on any atom is 0.220 e. The van der Waals surface area contributed by atoms with Gasteiger partial charge >= 0.3 is 0 Å². The Kier molecular flexibility index (Phi) is 16.4. The normalized spacial score (nSPS) is 12.4. The van der Waals surface area contributed by atoms with Gasteiger partial charge in [-0.3, -0.25) is 0 Å². The number of nitrogens with zero attached hydrogens (tertiary/aromatic N) is 8. The summed E-state index contributed by atoms with van der Waals surface area (Å²) in [5.41, 5.74) is 25.7. The van der Waals surface area contributed by atoms with Crippen molar-refractivity contribution in [3.05, 3.63) is 320 Å². The minimum atomic E-state index is -0.0651. The second-order valence-electron chi connectivity index (χ2n) is 27.5. The van der Waals surface area contributed by atoms with E-state index in [9.17, 15) is 0 Å². The van der Waals surface area contributed by atoms with Crippen LogP contribution < -0.4 is 18.3 Å². The molecule has 0 N–H and O–H groups in total. The summed E-state index contributed by atoms with van der Waals surface area (Å²) >= 11 is 1.74. The minimum Gasteiger partial charge on any atom is -0.464 e. The van der Waals surface area contributed by atoms with E-state index in [1.165, 1.54) is 70.9 Å². The van der Waals surface area contributed by atoms with Crippen molar-refractivity contribution >= 4 is 109 Å². The van der Waals surface area contributed by atoms with E-state index in [1.54, 1.807) is 17.6 Å². The number of furan rings is 1. The molecule has 6 aromatic heterocycles. The van der Waals surface area contributed by atoms with Crippen molar-refractivity contribution in [2.75, 3.05) is 0 Å². The molecule has 9 nitrogen and oxygen atoms in total. The summed E-state index contributed by atoms with van der Waals surface area (Å²) < 4.78 is 49.4. The fourth-order valence-electron chi connectivity index (χ4n) is 14.9. The Labute approximate surface area is 612 Å². The first kappa shape index (κ1) is 62.8. The number of rotatable bonds is 4. The van der Waals surface area contributed by atoms with Crippen LogP contribution in [0.1, 0.15) is 75.5 Å². The monoisotopic (exact) mass is 1360 g/mol. The van der Waals surface area contributed by atoms with E-state index in [4.69, 9.17) is 36.2 Å². The van der Waals surface area contributed by atoms with Crippen molar-refractivity contribution in [2.24, 2.45) is 28.2 Å². The molecule has 0 unspecified atom stereocenters. The molecular weight excluding hydrogens is 1280 g/mol. The van der Waals surface area contributed by atoms with E-state index >= 15 is 0 Å². The van der Waals surface area contributed by atoms with Gasteiger partial charge in [0.15, 0.2) is 45.5 Å². The molecule has 0 saturated carbocycles. The quantitative estimate of drug-likeness (QED) is 0.128. The standard InChI is InChI=1S/C28H25N2.C23H19N2.C21H17N2O.C21H17N2S/c1-17-13-24-22-9-7-8-10-25(22)28(3,4)26(24)16-23(17)27-21-12-11-20(29-5)15-19(21)14-18(2)30(27)6;1-15-11-17-7-5-6-8-18(17)14-22(15)23-21-10-9-20(24-3)13-19(21)12-16(2)25(23)4;2*1-13-9-15-7-8-24-20(15)12-19(13)21-18-6-5-17(22-3)11-16(18)10-14(2)23(21)4/h7-16H,1-4,6H3;5-14H,1-2,4H3;2*5-12H,1-2,4H3/q4*+1/i14D;12D;2*10D. The third-order valence-corrected chi connectivity index (χ3v) is 21.7. The van der Waals surface area contributed by atoms with Gasteiger partial charge in [0, 0.05) is 67.4 Å². The number of aromatic nitrogens is 4. The zero-order valence-corrected chi connectivity index (χ0v) is 61.2. The summed E-state index contributed by atoms with van der Waals surface area (Å²) in [7, 11) is 8.05. The lowest BCUT2D eigenvalue weighted by atomic mass is 9.81. The molecule has 0 aliphatic heterocycles. The molecule has 0 bridgehead atoms. The Hall–Kier alpha value is -12.4. The van der Waals surface area contributed by atoms with Gasteiger partial charge in [0.05, 0.1) is 81.8 Å². The van der Waals surface area contributed by atoms with Crippen LogP contribution in [-0.2, 0) is 33.6 Å². The highest BCUT2D eigenvalue weighted by molar-refractivity contribution is 7.17. The molecule has 16 aromatic rings. The molecule has 6 heterocycles. The van der Waals surface area contributed by atoms with Crippen LogP contribution in [0.4, 0.5) is 22.7 Å². The van der Waals surface area contributed by atoms with Crippen molar-refractivity contribution in [3.8, 4) is 56.2 Å². The molecule has 103 heavy (non-hydrogen) atoms. The molecule has 0 atom stereocenters. The fraction of sp³-hybridized carbons (Fsp3) is 0.161. The number of benzene rings is 10. The van der Waals surface area contributed by atoms with Crippen LogP contribution in [0.2, 0.25) is 0 Å². The maximum atomic E-state index is 8.66. The van der Waals surface area contributed by atoms with Gasteiger partial charge in [-0.2, -0.15) is 18.3 Å². The third-order valence-electron chi connectivity index (χ3n) is 20.8. The van der Waals surface area contributed by atoms with Gasteiger partial charge in [-0.25, -0.2) is 19.4 Å². The summed E-state index contributed by atoms with van der Waals surface area (Å²) in [4.78, 5) is 14.2. The molecule has 10 heteroatoms. The van der Waals surface area contributed by atoms with Crippen LogP contribution in [0, 0.1) is 81.7 Å². The number of pyridine rings is 4. The molecule has 0 spiro atoms. The van der Waals surface area contributed by atoms with Crippen LogP contribution in [0.3, 0.4) is 0 Å². The van der Waals surface area contributed by atoms with Crippen molar-refractivity contribution < 1.29 is 28.2 Å². The van der Waals surface area contributed by atoms with Gasteiger partial charge in [0.25, 0.3) is 0 Å². The summed E-state index contributed by atoms with van der Waals surface area (Å²) in [6, 6.07) is 63.5. The predicted molar refractivity (Wildman–Crippen MR) is 425 cm³/mol. The molecule has 17 rings (SSSR count). The fourth-order valence-corrected chi connectivity index (χ4v) is 15.7. The van der Waals surface area contributed by atoms with E-state index < -0.39 is 0 Å². The Bertz CT molecular complexity index is 6500. The largest absolute Gasteiger partial charge is 0.464 e. The van der Waals surface area contributed by atoms with Gasteiger partial charge < -0.3 is 4.42 Å². The smallest absolute Gasteiger partial charge is 0.220 e. The molecular formula is C93H78N8OS+4. The van der Waals surface area contributed by atoms with E-state index in [0.29, 0.717) is 46.9 Å². The van der Waals surface area contributed by atoms with Crippen molar-refractivity contribution in [1.29, 1.82) is 0 Å². The average molecular weight is 1360 g/mol. The van der Waals surface area contributed by atoms with Gasteiger partial charge in [0.2, 0.25) is 22.8 Å². The van der Waals surface area contributed by atoms with E-state index in [2.05, 4.69) is 188 Å². The number of fused-ring (bicyclic) bond motifs is 10. The molecule has 0 fully saturated rings. The van der Waals surface area contributed by atoms with Gasteiger partial charge in [-0.15, -0.1) is 11.3 Å². The number of hydrogen-bond donors (Lipinski definition) is 0. The second-order valence-corrected chi connectivity index (χ2v) is 28.4. The van der Waals surface area contributed by atoms with Crippen LogP contribution in [-0.4, -0.2) is 0 Å². The predicted octanol–water partition coefficient (Wildman–Crippen LogP) is 23.4. The first-order chi connectivity index (χ1) is 51.3. The molecule has 1 aliphatic carbocycles. The lowest BCUT2D eigenvalue weighted by Gasteiger charge is -2.22. The van der Waals surface area contributed by atoms with E-state index in [1.807, 2.05) is 135 Å². The molecule has 0 radical (unpaired) electrons. The van der Waals surface area contributed by atoms with Crippen LogP contribution in [0.5, 0.6) is 0 Å². The van der Waals surface area contributed by atoms with Crippen LogP contribution in [0.25, 0.3) is 150 Å². The Morgan fingerprint density at radius 2 is 0.728 bits per heavy atom. The minimum absolute atomic E-state index is 0.0651. The molecule has 1 aliphatic rings. The first-order valence-corrected chi connectivity index (χ1v) is 35.1. The topological polar surface area (TPSA) is 46.1 Å². The van der Waals surface area contributed by atoms with E-state index in [-0.39, 0.29) is 5.41 Å². The summed E-state index contributed by atoms with van der Waals surface area (Å²) in [6.45, 7) is 50.2.